The van der Waals surface area contributed by atoms with Crippen LogP contribution in [0.3, 0.4) is 0 Å². The van der Waals surface area contributed by atoms with Crippen molar-refractivity contribution in [1.82, 2.24) is 0 Å². The summed E-state index contributed by atoms with van der Waals surface area (Å²) in [6, 6.07) is 17.1. The number of aryl methyl sites for hydroxylation is 2. The Morgan fingerprint density at radius 1 is 0.786 bits per heavy atom. The van der Waals surface area contributed by atoms with E-state index in [1.807, 2.05) is 32.0 Å². The van der Waals surface area contributed by atoms with Gasteiger partial charge in [0, 0.05) is 4.90 Å². The van der Waals surface area contributed by atoms with Gasteiger partial charge in [0.1, 0.15) is 29.0 Å². The molecule has 0 aliphatic carbocycles. The molecule has 0 amide bonds. The van der Waals surface area contributed by atoms with Gasteiger partial charge in [0.25, 0.3) is 0 Å². The second kappa shape index (κ2) is 8.12. The minimum absolute atomic E-state index is 0.172. The first-order valence-corrected chi connectivity index (χ1v) is 9.11. The lowest BCUT2D eigenvalue weighted by Crippen LogP contribution is -2.03. The number of nitriles is 2. The van der Waals surface area contributed by atoms with E-state index in [2.05, 4.69) is 0 Å². The third-order valence-electron chi connectivity index (χ3n) is 4.09. The van der Waals surface area contributed by atoms with Gasteiger partial charge >= 0.3 is 0 Å². The Hall–Kier alpha value is -3.35. The van der Waals surface area contributed by atoms with E-state index < -0.39 is 28.5 Å². The Morgan fingerprint density at radius 3 is 1.93 bits per heavy atom. The molecule has 3 rings (SSSR count). The van der Waals surface area contributed by atoms with Crippen molar-refractivity contribution in [3.8, 4) is 23.6 Å². The monoisotopic (exact) mass is 392 g/mol. The Kier molecular flexibility index (Phi) is 5.63. The molecule has 138 valence electrons. The van der Waals surface area contributed by atoms with Crippen LogP contribution in [-0.4, -0.2) is 0 Å². The third-order valence-corrected chi connectivity index (χ3v) is 5.51. The topological polar surface area (TPSA) is 56.8 Å². The normalized spacial score (nSPS) is 10.2. The third kappa shape index (κ3) is 3.55. The summed E-state index contributed by atoms with van der Waals surface area (Å²) in [7, 11) is 0. The summed E-state index contributed by atoms with van der Waals surface area (Å²) >= 11 is 0.976. The Balaban J connectivity index is 2.26. The lowest BCUT2D eigenvalue weighted by Gasteiger charge is -2.16. The van der Waals surface area contributed by atoms with E-state index in [9.17, 15) is 10.5 Å². The maximum Gasteiger partial charge on any atom is 0.186 e. The van der Waals surface area contributed by atoms with Crippen molar-refractivity contribution in [3.63, 3.8) is 0 Å². The average molecular weight is 392 g/mol. The van der Waals surface area contributed by atoms with Gasteiger partial charge in [-0.3, -0.25) is 0 Å². The van der Waals surface area contributed by atoms with Gasteiger partial charge in [-0.15, -0.1) is 0 Å². The van der Waals surface area contributed by atoms with Crippen LogP contribution in [0.5, 0.6) is 11.5 Å². The van der Waals surface area contributed by atoms with E-state index >= 15 is 8.78 Å². The summed E-state index contributed by atoms with van der Waals surface area (Å²) in [5, 5.41) is 18.5. The molecule has 0 N–H and O–H groups in total. The van der Waals surface area contributed by atoms with Gasteiger partial charge in [-0.05, 0) is 37.1 Å². The molecule has 0 saturated heterocycles. The zero-order chi connectivity index (χ0) is 20.3. The molecule has 0 saturated carbocycles. The predicted octanol–water partition coefficient (Wildman–Crippen LogP) is 6.27. The minimum Gasteiger partial charge on any atom is -0.453 e. The molecule has 0 fully saturated rings. The Bertz CT molecular complexity index is 1110. The molecule has 0 bridgehead atoms. The Morgan fingerprint density at radius 2 is 1.36 bits per heavy atom. The highest BCUT2D eigenvalue weighted by molar-refractivity contribution is 7.99. The zero-order valence-electron chi connectivity index (χ0n) is 15.1. The molecule has 3 aromatic rings. The lowest BCUT2D eigenvalue weighted by molar-refractivity contribution is 0.418. The lowest BCUT2D eigenvalue weighted by atomic mass is 10.1. The summed E-state index contributed by atoms with van der Waals surface area (Å²) in [6.45, 7) is 3.71. The SMILES string of the molecule is Cc1cccc(C)c1Sc1c(F)c(C#N)c(C#N)c(F)c1Oc1ccccc1. The van der Waals surface area contributed by atoms with E-state index in [-0.39, 0.29) is 10.6 Å². The molecule has 0 aliphatic rings. The van der Waals surface area contributed by atoms with Gasteiger partial charge in [0.05, 0.1) is 4.90 Å². The largest absolute Gasteiger partial charge is 0.453 e. The molecular formula is C22H14F2N2OS. The molecule has 0 aliphatic heterocycles. The number of para-hydroxylation sites is 1. The fourth-order valence-corrected chi connectivity index (χ4v) is 3.78. The molecule has 0 aromatic heterocycles. The van der Waals surface area contributed by atoms with Crippen LogP contribution in [0.2, 0.25) is 0 Å². The standard InChI is InChI=1S/C22H14F2N2OS/c1-13-7-6-8-14(2)21(13)28-22-19(24)17(12-26)16(11-25)18(23)20(22)27-15-9-4-3-5-10-15/h3-10H,1-2H3. The van der Waals surface area contributed by atoms with Gasteiger partial charge in [-0.25, -0.2) is 8.78 Å². The van der Waals surface area contributed by atoms with Crippen LogP contribution < -0.4 is 4.74 Å². The Labute approximate surface area is 165 Å². The number of benzene rings is 3. The van der Waals surface area contributed by atoms with Crippen LogP contribution >= 0.6 is 11.8 Å². The van der Waals surface area contributed by atoms with Crippen molar-refractivity contribution >= 4 is 11.8 Å². The summed E-state index contributed by atoms with van der Waals surface area (Å²) in [5.74, 6) is -2.15. The summed E-state index contributed by atoms with van der Waals surface area (Å²) in [6.07, 6.45) is 0. The first kappa shape index (κ1) is 19.4. The van der Waals surface area contributed by atoms with Crippen LogP contribution in [0.4, 0.5) is 8.78 Å². The second-order valence-corrected chi connectivity index (χ2v) is 7.02. The van der Waals surface area contributed by atoms with Gasteiger partial charge < -0.3 is 4.74 Å². The number of ether oxygens (including phenoxy) is 1. The number of halogens is 2. The van der Waals surface area contributed by atoms with Crippen LogP contribution in [0.1, 0.15) is 22.3 Å². The predicted molar refractivity (Wildman–Crippen MR) is 102 cm³/mol. The molecule has 6 heteroatoms. The minimum atomic E-state index is -1.06. The van der Waals surface area contributed by atoms with E-state index in [0.29, 0.717) is 0 Å². The summed E-state index contributed by atoms with van der Waals surface area (Å²) in [4.78, 5) is 0.557. The molecule has 3 nitrogen and oxygen atoms in total. The van der Waals surface area contributed by atoms with E-state index in [4.69, 9.17) is 4.74 Å². The van der Waals surface area contributed by atoms with Gasteiger partial charge in [0.2, 0.25) is 0 Å². The highest BCUT2D eigenvalue weighted by Gasteiger charge is 2.28. The van der Waals surface area contributed by atoms with Crippen LogP contribution in [0.15, 0.2) is 58.3 Å². The number of hydrogen-bond donors (Lipinski definition) is 0. The van der Waals surface area contributed by atoms with Gasteiger partial charge in [-0.1, -0.05) is 48.2 Å². The van der Waals surface area contributed by atoms with Gasteiger partial charge in [-0.2, -0.15) is 10.5 Å². The van der Waals surface area contributed by atoms with Crippen molar-refractivity contribution in [2.75, 3.05) is 0 Å². The molecule has 0 unspecified atom stereocenters. The molecular weight excluding hydrogens is 378 g/mol. The van der Waals surface area contributed by atoms with Crippen molar-refractivity contribution in [3.05, 3.63) is 82.4 Å². The van der Waals surface area contributed by atoms with Crippen LogP contribution in [0.25, 0.3) is 0 Å². The van der Waals surface area contributed by atoms with Crippen LogP contribution in [0, 0.1) is 48.1 Å². The van der Waals surface area contributed by atoms with Crippen molar-refractivity contribution in [2.24, 2.45) is 0 Å². The zero-order valence-corrected chi connectivity index (χ0v) is 15.9. The van der Waals surface area contributed by atoms with Crippen molar-refractivity contribution in [1.29, 1.82) is 10.5 Å². The van der Waals surface area contributed by atoms with E-state index in [1.54, 1.807) is 42.5 Å². The first-order valence-electron chi connectivity index (χ1n) is 8.30. The second-order valence-electron chi connectivity index (χ2n) is 6.00. The molecule has 28 heavy (non-hydrogen) atoms. The van der Waals surface area contributed by atoms with E-state index in [1.165, 1.54) is 0 Å². The molecule has 0 radical (unpaired) electrons. The summed E-state index contributed by atoms with van der Waals surface area (Å²) < 4.78 is 35.9. The molecule has 0 heterocycles. The van der Waals surface area contributed by atoms with Crippen molar-refractivity contribution in [2.45, 2.75) is 23.6 Å². The molecule has 3 aromatic carbocycles. The van der Waals surface area contributed by atoms with Gasteiger partial charge in [0.15, 0.2) is 17.4 Å². The van der Waals surface area contributed by atoms with Crippen LogP contribution in [-0.2, 0) is 0 Å². The number of rotatable bonds is 4. The fraction of sp³-hybridized carbons (Fsp3) is 0.0909. The van der Waals surface area contributed by atoms with Crippen molar-refractivity contribution < 1.29 is 13.5 Å². The molecule has 0 spiro atoms. The first-order chi connectivity index (χ1) is 13.5. The number of hydrogen-bond acceptors (Lipinski definition) is 4. The maximum absolute atomic E-state index is 15.2. The highest BCUT2D eigenvalue weighted by atomic mass is 32.2. The quantitative estimate of drug-likeness (QED) is 0.525. The highest BCUT2D eigenvalue weighted by Crippen LogP contribution is 2.45. The fourth-order valence-electron chi connectivity index (χ4n) is 2.71. The average Bonchev–Trinajstić information content (AvgIpc) is 2.69. The summed E-state index contributed by atoms with van der Waals surface area (Å²) in [5.41, 5.74) is 0.447. The maximum atomic E-state index is 15.2. The van der Waals surface area contributed by atoms with E-state index in [0.717, 1.165) is 27.8 Å². The molecule has 0 atom stereocenters. The smallest absolute Gasteiger partial charge is 0.186 e. The number of nitrogens with zero attached hydrogens (tertiary/aromatic N) is 2.